The van der Waals surface area contributed by atoms with Gasteiger partial charge in [0, 0.05) is 19.5 Å². The maximum atomic E-state index is 12.9. The molecule has 0 N–H and O–H groups in total. The fourth-order valence-corrected chi connectivity index (χ4v) is 2.21. The van der Waals surface area contributed by atoms with Crippen molar-refractivity contribution < 1.29 is 18.7 Å². The molecule has 0 aliphatic heterocycles. The van der Waals surface area contributed by atoms with E-state index in [4.69, 9.17) is 4.74 Å². The number of halogens is 1. The first kappa shape index (κ1) is 19.1. The van der Waals surface area contributed by atoms with Crippen LogP contribution in [0.15, 0.2) is 24.3 Å². The lowest BCUT2D eigenvalue weighted by molar-refractivity contribution is -0.144. The fraction of sp³-hybridized carbons (Fsp3) is 0.556. The Kier molecular flexibility index (Phi) is 8.30. The van der Waals surface area contributed by atoms with Crippen LogP contribution < -0.4 is 0 Å². The molecule has 1 rings (SSSR count). The molecule has 4 nitrogen and oxygen atoms in total. The van der Waals surface area contributed by atoms with Crippen molar-refractivity contribution in [3.05, 3.63) is 35.6 Å². The third-order valence-electron chi connectivity index (χ3n) is 3.41. The molecular formula is C18H26FNO3. The van der Waals surface area contributed by atoms with Gasteiger partial charge in [0.25, 0.3) is 0 Å². The van der Waals surface area contributed by atoms with E-state index in [2.05, 4.69) is 0 Å². The molecule has 0 spiro atoms. The van der Waals surface area contributed by atoms with Gasteiger partial charge in [0.05, 0.1) is 13.0 Å². The Bertz CT molecular complexity index is 499. The predicted octanol–water partition coefficient (Wildman–Crippen LogP) is 3.20. The van der Waals surface area contributed by atoms with Crippen molar-refractivity contribution in [3.63, 3.8) is 0 Å². The van der Waals surface area contributed by atoms with Gasteiger partial charge < -0.3 is 9.64 Å². The van der Waals surface area contributed by atoms with Crippen LogP contribution in [-0.2, 0) is 20.7 Å². The van der Waals surface area contributed by atoms with E-state index >= 15 is 0 Å². The Morgan fingerprint density at radius 3 is 2.39 bits per heavy atom. The SMILES string of the molecule is CCOC(=O)CCN(CCc1ccc(F)cc1)C(=O)CC(C)C. The summed E-state index contributed by atoms with van der Waals surface area (Å²) in [5.74, 6) is -0.273. The number of nitrogens with zero attached hydrogens (tertiary/aromatic N) is 1. The van der Waals surface area contributed by atoms with Crippen LogP contribution in [0.4, 0.5) is 4.39 Å². The van der Waals surface area contributed by atoms with Crippen LogP contribution >= 0.6 is 0 Å². The van der Waals surface area contributed by atoms with Gasteiger partial charge in [-0.1, -0.05) is 26.0 Å². The summed E-state index contributed by atoms with van der Waals surface area (Å²) in [6, 6.07) is 6.25. The summed E-state index contributed by atoms with van der Waals surface area (Å²) in [6.45, 7) is 6.94. The summed E-state index contributed by atoms with van der Waals surface area (Å²) in [4.78, 5) is 25.5. The van der Waals surface area contributed by atoms with Gasteiger partial charge in [0.2, 0.25) is 5.91 Å². The number of carbonyl (C=O) groups is 2. The Balaban J connectivity index is 2.60. The number of amides is 1. The highest BCUT2D eigenvalue weighted by atomic mass is 19.1. The minimum atomic E-state index is -0.295. The van der Waals surface area contributed by atoms with E-state index in [1.165, 1.54) is 12.1 Å². The van der Waals surface area contributed by atoms with Crippen molar-refractivity contribution in [2.24, 2.45) is 5.92 Å². The van der Waals surface area contributed by atoms with Crippen molar-refractivity contribution in [2.75, 3.05) is 19.7 Å². The summed E-state index contributed by atoms with van der Waals surface area (Å²) < 4.78 is 17.8. The molecule has 1 aromatic rings. The zero-order valence-corrected chi connectivity index (χ0v) is 14.2. The van der Waals surface area contributed by atoms with E-state index in [1.807, 2.05) is 13.8 Å². The van der Waals surface area contributed by atoms with Crippen LogP contribution in [0.2, 0.25) is 0 Å². The quantitative estimate of drug-likeness (QED) is 0.656. The van der Waals surface area contributed by atoms with Crippen molar-refractivity contribution >= 4 is 11.9 Å². The third-order valence-corrected chi connectivity index (χ3v) is 3.41. The minimum Gasteiger partial charge on any atom is -0.466 e. The highest BCUT2D eigenvalue weighted by Crippen LogP contribution is 2.09. The summed E-state index contributed by atoms with van der Waals surface area (Å²) in [7, 11) is 0. The molecule has 0 radical (unpaired) electrons. The molecule has 0 aliphatic carbocycles. The second kappa shape index (κ2) is 9.98. The molecule has 23 heavy (non-hydrogen) atoms. The summed E-state index contributed by atoms with van der Waals surface area (Å²) in [5.41, 5.74) is 0.963. The highest BCUT2D eigenvalue weighted by Gasteiger charge is 2.16. The van der Waals surface area contributed by atoms with Crippen LogP contribution in [-0.4, -0.2) is 36.5 Å². The molecule has 0 atom stereocenters. The molecular weight excluding hydrogens is 297 g/mol. The van der Waals surface area contributed by atoms with E-state index in [0.717, 1.165) is 5.56 Å². The van der Waals surface area contributed by atoms with Crippen LogP contribution in [0.1, 0.15) is 39.2 Å². The second-order valence-corrected chi connectivity index (χ2v) is 5.91. The van der Waals surface area contributed by atoms with E-state index in [1.54, 1.807) is 24.0 Å². The number of hydrogen-bond donors (Lipinski definition) is 0. The molecule has 0 bridgehead atoms. The molecule has 0 unspecified atom stereocenters. The first-order valence-corrected chi connectivity index (χ1v) is 8.10. The van der Waals surface area contributed by atoms with Crippen LogP contribution in [0.25, 0.3) is 0 Å². The largest absolute Gasteiger partial charge is 0.466 e. The van der Waals surface area contributed by atoms with E-state index < -0.39 is 0 Å². The Labute approximate surface area is 137 Å². The molecule has 0 heterocycles. The van der Waals surface area contributed by atoms with Gasteiger partial charge >= 0.3 is 5.97 Å². The normalized spacial score (nSPS) is 10.7. The van der Waals surface area contributed by atoms with E-state index in [9.17, 15) is 14.0 Å². The molecule has 0 saturated carbocycles. The van der Waals surface area contributed by atoms with Crippen molar-refractivity contribution in [1.82, 2.24) is 4.90 Å². The molecule has 5 heteroatoms. The summed E-state index contributed by atoms with van der Waals surface area (Å²) >= 11 is 0. The third kappa shape index (κ3) is 7.77. The predicted molar refractivity (Wildman–Crippen MR) is 87.4 cm³/mol. The zero-order chi connectivity index (χ0) is 17.2. The summed E-state index contributed by atoms with van der Waals surface area (Å²) in [5, 5.41) is 0. The van der Waals surface area contributed by atoms with Crippen molar-refractivity contribution in [2.45, 2.75) is 40.0 Å². The first-order chi connectivity index (χ1) is 10.9. The smallest absolute Gasteiger partial charge is 0.307 e. The standard InChI is InChI=1S/C18H26FNO3/c1-4-23-18(22)10-12-20(17(21)13-14(2)3)11-9-15-5-7-16(19)8-6-15/h5-8,14H,4,9-13H2,1-3H3. The van der Waals surface area contributed by atoms with Crippen LogP contribution in [0.3, 0.4) is 0 Å². The molecule has 1 aromatic carbocycles. The summed E-state index contributed by atoms with van der Waals surface area (Å²) in [6.07, 6.45) is 1.28. The number of carbonyl (C=O) groups excluding carboxylic acids is 2. The van der Waals surface area contributed by atoms with Gasteiger partial charge in [0.15, 0.2) is 0 Å². The average Bonchev–Trinajstić information content (AvgIpc) is 2.48. The maximum Gasteiger partial charge on any atom is 0.307 e. The Hall–Kier alpha value is -1.91. The maximum absolute atomic E-state index is 12.9. The second-order valence-electron chi connectivity index (χ2n) is 5.91. The van der Waals surface area contributed by atoms with E-state index in [-0.39, 0.29) is 30.0 Å². The lowest BCUT2D eigenvalue weighted by Crippen LogP contribution is -2.35. The fourth-order valence-electron chi connectivity index (χ4n) is 2.21. The molecule has 0 fully saturated rings. The number of benzene rings is 1. The number of ether oxygens (including phenoxy) is 1. The Morgan fingerprint density at radius 1 is 1.17 bits per heavy atom. The lowest BCUT2D eigenvalue weighted by Gasteiger charge is -2.23. The zero-order valence-electron chi connectivity index (χ0n) is 14.2. The van der Waals surface area contributed by atoms with Gasteiger partial charge in [0.1, 0.15) is 5.82 Å². The molecule has 128 valence electrons. The minimum absolute atomic E-state index is 0.0337. The average molecular weight is 323 g/mol. The monoisotopic (exact) mass is 323 g/mol. The molecule has 0 saturated heterocycles. The first-order valence-electron chi connectivity index (χ1n) is 8.10. The molecule has 1 amide bonds. The number of hydrogen-bond acceptors (Lipinski definition) is 3. The highest BCUT2D eigenvalue weighted by molar-refractivity contribution is 5.77. The van der Waals surface area contributed by atoms with E-state index in [0.29, 0.717) is 32.5 Å². The lowest BCUT2D eigenvalue weighted by atomic mass is 10.1. The number of esters is 1. The Morgan fingerprint density at radius 2 is 1.83 bits per heavy atom. The molecule has 0 aromatic heterocycles. The van der Waals surface area contributed by atoms with Crippen molar-refractivity contribution in [1.29, 1.82) is 0 Å². The van der Waals surface area contributed by atoms with Gasteiger partial charge in [-0.05, 0) is 37.0 Å². The number of rotatable bonds is 9. The van der Waals surface area contributed by atoms with Crippen LogP contribution in [0.5, 0.6) is 0 Å². The van der Waals surface area contributed by atoms with Gasteiger partial charge in [-0.25, -0.2) is 4.39 Å². The van der Waals surface area contributed by atoms with Gasteiger partial charge in [-0.15, -0.1) is 0 Å². The topological polar surface area (TPSA) is 46.6 Å². The van der Waals surface area contributed by atoms with Gasteiger partial charge in [-0.2, -0.15) is 0 Å². The molecule has 0 aliphatic rings. The van der Waals surface area contributed by atoms with Crippen molar-refractivity contribution in [3.8, 4) is 0 Å². The van der Waals surface area contributed by atoms with Crippen LogP contribution in [0, 0.1) is 11.7 Å². The van der Waals surface area contributed by atoms with Gasteiger partial charge in [-0.3, -0.25) is 9.59 Å².